The number of nitrogen functional groups attached to an aromatic ring is 1. The van der Waals surface area contributed by atoms with E-state index in [2.05, 4.69) is 15.1 Å². The van der Waals surface area contributed by atoms with Crippen molar-refractivity contribution in [1.82, 2.24) is 15.1 Å². The van der Waals surface area contributed by atoms with Gasteiger partial charge in [0.05, 0.1) is 22.7 Å². The first-order valence-electron chi connectivity index (χ1n) is 6.45. The maximum Gasteiger partial charge on any atom is 0.237 e. The first-order chi connectivity index (χ1) is 10.2. The minimum absolute atomic E-state index is 0.578. The van der Waals surface area contributed by atoms with Crippen molar-refractivity contribution in [2.24, 2.45) is 0 Å². The van der Waals surface area contributed by atoms with Crippen LogP contribution in [0.2, 0.25) is 0 Å². The Morgan fingerprint density at radius 2 is 1.95 bits per heavy atom. The molecule has 0 unspecified atom stereocenters. The quantitative estimate of drug-likeness (QED) is 0.744. The summed E-state index contributed by atoms with van der Waals surface area (Å²) in [5, 5.41) is 4.88. The van der Waals surface area contributed by atoms with Crippen molar-refractivity contribution in [2.45, 2.75) is 17.7 Å². The molecular formula is C15H14N4OS. The van der Waals surface area contributed by atoms with Crippen LogP contribution in [-0.2, 0) is 5.75 Å². The molecule has 6 heteroatoms. The summed E-state index contributed by atoms with van der Waals surface area (Å²) in [5.41, 5.74) is 8.40. The van der Waals surface area contributed by atoms with Crippen LogP contribution in [0.5, 0.6) is 0 Å². The van der Waals surface area contributed by atoms with Gasteiger partial charge in [0.1, 0.15) is 0 Å². The Hall–Kier alpha value is -2.34. The molecule has 0 amide bonds. The second kappa shape index (κ2) is 5.97. The summed E-state index contributed by atoms with van der Waals surface area (Å²) in [4.78, 5) is 8.61. The summed E-state index contributed by atoms with van der Waals surface area (Å²) in [6, 6.07) is 11.7. The highest BCUT2D eigenvalue weighted by Gasteiger charge is 2.09. The number of aromatic nitrogens is 3. The number of nitrogens with zero attached hydrogens (tertiary/aromatic N) is 3. The standard InChI is InChI=1S/C15H14N4OS/c1-10-2-4-11(5-3-10)15-18-13(20-19-15)9-21-14-7-6-12(16)8-17-14/h2-8H,9,16H2,1H3. The van der Waals surface area contributed by atoms with Gasteiger partial charge in [-0.05, 0) is 19.1 Å². The summed E-state index contributed by atoms with van der Waals surface area (Å²) in [6.45, 7) is 2.04. The van der Waals surface area contributed by atoms with Crippen LogP contribution in [0.4, 0.5) is 5.69 Å². The number of aryl methyl sites for hydroxylation is 1. The van der Waals surface area contributed by atoms with E-state index in [9.17, 15) is 0 Å². The Kier molecular flexibility index (Phi) is 3.87. The molecule has 0 fully saturated rings. The monoisotopic (exact) mass is 298 g/mol. The highest BCUT2D eigenvalue weighted by molar-refractivity contribution is 7.98. The molecule has 0 spiro atoms. The third kappa shape index (κ3) is 3.41. The zero-order valence-electron chi connectivity index (χ0n) is 11.5. The summed E-state index contributed by atoms with van der Waals surface area (Å²) in [7, 11) is 0. The van der Waals surface area contributed by atoms with Gasteiger partial charge in [0.2, 0.25) is 11.7 Å². The average molecular weight is 298 g/mol. The van der Waals surface area contributed by atoms with Crippen LogP contribution in [0.15, 0.2) is 52.1 Å². The highest BCUT2D eigenvalue weighted by atomic mass is 32.2. The third-order valence-electron chi connectivity index (χ3n) is 2.88. The van der Waals surface area contributed by atoms with E-state index in [1.54, 1.807) is 6.20 Å². The van der Waals surface area contributed by atoms with Crippen molar-refractivity contribution >= 4 is 17.4 Å². The maximum atomic E-state index is 5.60. The maximum absolute atomic E-state index is 5.60. The molecule has 2 aromatic heterocycles. The molecule has 0 aliphatic rings. The molecule has 1 aromatic carbocycles. The van der Waals surface area contributed by atoms with Crippen LogP contribution < -0.4 is 5.73 Å². The van der Waals surface area contributed by atoms with Crippen LogP contribution in [0.1, 0.15) is 11.5 Å². The summed E-state index contributed by atoms with van der Waals surface area (Å²) in [6.07, 6.45) is 1.63. The second-order valence-electron chi connectivity index (χ2n) is 4.60. The fourth-order valence-electron chi connectivity index (χ4n) is 1.75. The first-order valence-corrected chi connectivity index (χ1v) is 7.43. The molecule has 21 heavy (non-hydrogen) atoms. The second-order valence-corrected chi connectivity index (χ2v) is 5.59. The number of hydrogen-bond donors (Lipinski definition) is 1. The predicted molar refractivity (Wildman–Crippen MR) is 82.7 cm³/mol. The molecule has 5 nitrogen and oxygen atoms in total. The SMILES string of the molecule is Cc1ccc(-c2noc(CSc3ccc(N)cn3)n2)cc1. The van der Waals surface area contributed by atoms with E-state index in [1.807, 2.05) is 43.3 Å². The first kappa shape index (κ1) is 13.6. The summed E-state index contributed by atoms with van der Waals surface area (Å²) < 4.78 is 5.26. The van der Waals surface area contributed by atoms with Crippen molar-refractivity contribution in [1.29, 1.82) is 0 Å². The number of pyridine rings is 1. The zero-order chi connectivity index (χ0) is 14.7. The van der Waals surface area contributed by atoms with Crippen molar-refractivity contribution < 1.29 is 4.52 Å². The third-order valence-corrected chi connectivity index (χ3v) is 3.81. The van der Waals surface area contributed by atoms with Gasteiger partial charge in [0.25, 0.3) is 0 Å². The fraction of sp³-hybridized carbons (Fsp3) is 0.133. The number of hydrogen-bond acceptors (Lipinski definition) is 6. The Morgan fingerprint density at radius 1 is 1.14 bits per heavy atom. The topological polar surface area (TPSA) is 77.8 Å². The lowest BCUT2D eigenvalue weighted by Crippen LogP contribution is -1.87. The lowest BCUT2D eigenvalue weighted by molar-refractivity contribution is 0.391. The van der Waals surface area contributed by atoms with Gasteiger partial charge in [-0.1, -0.05) is 46.7 Å². The molecule has 0 aliphatic heterocycles. The van der Waals surface area contributed by atoms with Crippen LogP contribution in [0.25, 0.3) is 11.4 Å². The molecule has 3 rings (SSSR count). The molecule has 2 heterocycles. The Morgan fingerprint density at radius 3 is 2.67 bits per heavy atom. The lowest BCUT2D eigenvalue weighted by Gasteiger charge is -1.97. The minimum Gasteiger partial charge on any atom is -0.397 e. The molecule has 0 bridgehead atoms. The van der Waals surface area contributed by atoms with Crippen molar-refractivity contribution in [2.75, 3.05) is 5.73 Å². The normalized spacial score (nSPS) is 10.7. The van der Waals surface area contributed by atoms with Gasteiger partial charge in [0, 0.05) is 5.56 Å². The molecule has 0 aliphatic carbocycles. The molecule has 0 saturated heterocycles. The number of thioether (sulfide) groups is 1. The lowest BCUT2D eigenvalue weighted by atomic mass is 10.1. The Balaban J connectivity index is 1.67. The minimum atomic E-state index is 0.578. The summed E-state index contributed by atoms with van der Waals surface area (Å²) >= 11 is 1.53. The van der Waals surface area contributed by atoms with Crippen molar-refractivity contribution in [3.63, 3.8) is 0 Å². The summed E-state index contributed by atoms with van der Waals surface area (Å²) in [5.74, 6) is 1.76. The van der Waals surface area contributed by atoms with Gasteiger partial charge in [-0.3, -0.25) is 0 Å². The largest absolute Gasteiger partial charge is 0.397 e. The van der Waals surface area contributed by atoms with Gasteiger partial charge < -0.3 is 10.3 Å². The predicted octanol–water partition coefficient (Wildman–Crippen LogP) is 3.31. The van der Waals surface area contributed by atoms with Crippen LogP contribution in [0.3, 0.4) is 0 Å². The van der Waals surface area contributed by atoms with Crippen molar-refractivity contribution in [3.05, 3.63) is 54.0 Å². The molecule has 0 atom stereocenters. The van der Waals surface area contributed by atoms with Crippen LogP contribution >= 0.6 is 11.8 Å². The van der Waals surface area contributed by atoms with Gasteiger partial charge in [-0.15, -0.1) is 0 Å². The number of anilines is 1. The number of rotatable bonds is 4. The number of benzene rings is 1. The van der Waals surface area contributed by atoms with E-state index >= 15 is 0 Å². The fourth-order valence-corrected chi connectivity index (χ4v) is 2.43. The van der Waals surface area contributed by atoms with Gasteiger partial charge in [-0.25, -0.2) is 4.98 Å². The van der Waals surface area contributed by atoms with E-state index in [1.165, 1.54) is 17.3 Å². The molecule has 0 saturated carbocycles. The smallest absolute Gasteiger partial charge is 0.237 e. The Bertz CT molecular complexity index is 722. The van der Waals surface area contributed by atoms with Gasteiger partial charge in [0.15, 0.2) is 0 Å². The Labute approximate surface area is 126 Å². The van der Waals surface area contributed by atoms with E-state index in [4.69, 9.17) is 10.3 Å². The van der Waals surface area contributed by atoms with Gasteiger partial charge in [-0.2, -0.15) is 4.98 Å². The zero-order valence-corrected chi connectivity index (χ0v) is 12.3. The van der Waals surface area contributed by atoms with E-state index in [0.29, 0.717) is 23.2 Å². The molecule has 3 aromatic rings. The van der Waals surface area contributed by atoms with Crippen LogP contribution in [0, 0.1) is 6.92 Å². The van der Waals surface area contributed by atoms with Gasteiger partial charge >= 0.3 is 0 Å². The van der Waals surface area contributed by atoms with Crippen LogP contribution in [-0.4, -0.2) is 15.1 Å². The number of nitrogens with two attached hydrogens (primary N) is 1. The molecule has 106 valence electrons. The molecule has 0 radical (unpaired) electrons. The van der Waals surface area contributed by atoms with E-state index in [0.717, 1.165) is 10.6 Å². The van der Waals surface area contributed by atoms with E-state index < -0.39 is 0 Å². The average Bonchev–Trinajstić information content (AvgIpc) is 2.96. The molecular weight excluding hydrogens is 284 g/mol. The van der Waals surface area contributed by atoms with E-state index in [-0.39, 0.29) is 0 Å². The molecule has 2 N–H and O–H groups in total. The highest BCUT2D eigenvalue weighted by Crippen LogP contribution is 2.22. The van der Waals surface area contributed by atoms with Crippen molar-refractivity contribution in [3.8, 4) is 11.4 Å².